The van der Waals surface area contributed by atoms with Gasteiger partial charge in [-0.3, -0.25) is 0 Å². The fourth-order valence-electron chi connectivity index (χ4n) is 1.36. The third-order valence-electron chi connectivity index (χ3n) is 2.28. The lowest BCUT2D eigenvalue weighted by atomic mass is 9.99. The van der Waals surface area contributed by atoms with Crippen LogP contribution in [0.3, 0.4) is 0 Å². The van der Waals surface area contributed by atoms with E-state index in [0.29, 0.717) is 0 Å². The van der Waals surface area contributed by atoms with Crippen molar-refractivity contribution < 1.29 is 5.11 Å². The second kappa shape index (κ2) is 4.85. The fourth-order valence-corrected chi connectivity index (χ4v) is 1.51. The van der Waals surface area contributed by atoms with Crippen molar-refractivity contribution in [2.45, 2.75) is 31.4 Å². The quantitative estimate of drug-likeness (QED) is 0.732. The van der Waals surface area contributed by atoms with E-state index in [1.807, 2.05) is 0 Å². The standard InChI is InChI=1S/C12H18OS/c1-12(2,14)11-7-5-10(6-8-11)4-3-9-13/h5-8,13-14H,3-4,9H2,1-2H3. The van der Waals surface area contributed by atoms with Crippen LogP contribution in [-0.2, 0) is 11.2 Å². The number of thiol groups is 1. The van der Waals surface area contributed by atoms with E-state index in [0.717, 1.165) is 12.8 Å². The Morgan fingerprint density at radius 2 is 1.79 bits per heavy atom. The summed E-state index contributed by atoms with van der Waals surface area (Å²) in [5.74, 6) is 0. The summed E-state index contributed by atoms with van der Waals surface area (Å²) in [6, 6.07) is 8.45. The fraction of sp³-hybridized carbons (Fsp3) is 0.500. The van der Waals surface area contributed by atoms with Crippen molar-refractivity contribution in [3.05, 3.63) is 35.4 Å². The van der Waals surface area contributed by atoms with Crippen molar-refractivity contribution in [2.75, 3.05) is 6.61 Å². The van der Waals surface area contributed by atoms with Gasteiger partial charge in [0.2, 0.25) is 0 Å². The third-order valence-corrected chi connectivity index (χ3v) is 2.54. The highest BCUT2D eigenvalue weighted by atomic mass is 32.1. The Balaban J connectivity index is 2.69. The molecule has 0 spiro atoms. The monoisotopic (exact) mass is 210 g/mol. The van der Waals surface area contributed by atoms with Crippen LogP contribution in [0.25, 0.3) is 0 Å². The average Bonchev–Trinajstić information content (AvgIpc) is 2.14. The number of aryl methyl sites for hydroxylation is 1. The summed E-state index contributed by atoms with van der Waals surface area (Å²) in [7, 11) is 0. The molecule has 0 saturated carbocycles. The molecule has 0 aliphatic rings. The molecule has 0 aromatic heterocycles. The van der Waals surface area contributed by atoms with Crippen LogP contribution >= 0.6 is 12.6 Å². The molecule has 78 valence electrons. The Bertz CT molecular complexity index is 271. The van der Waals surface area contributed by atoms with Gasteiger partial charge < -0.3 is 5.11 Å². The molecule has 2 heteroatoms. The molecule has 1 nitrogen and oxygen atoms in total. The van der Waals surface area contributed by atoms with Gasteiger partial charge >= 0.3 is 0 Å². The molecule has 0 amide bonds. The van der Waals surface area contributed by atoms with Gasteiger partial charge in [0, 0.05) is 11.4 Å². The van der Waals surface area contributed by atoms with Crippen molar-refractivity contribution in [2.24, 2.45) is 0 Å². The van der Waals surface area contributed by atoms with Crippen molar-refractivity contribution in [3.8, 4) is 0 Å². The van der Waals surface area contributed by atoms with Crippen LogP contribution in [0.2, 0.25) is 0 Å². The van der Waals surface area contributed by atoms with Crippen LogP contribution in [-0.4, -0.2) is 11.7 Å². The summed E-state index contributed by atoms with van der Waals surface area (Å²) in [5, 5.41) is 8.70. The van der Waals surface area contributed by atoms with Gasteiger partial charge in [-0.05, 0) is 37.8 Å². The van der Waals surface area contributed by atoms with Crippen molar-refractivity contribution in [3.63, 3.8) is 0 Å². The first-order valence-electron chi connectivity index (χ1n) is 4.96. The predicted molar refractivity (Wildman–Crippen MR) is 63.9 cm³/mol. The second-order valence-electron chi connectivity index (χ2n) is 4.08. The zero-order valence-electron chi connectivity index (χ0n) is 8.83. The maximum absolute atomic E-state index is 8.70. The summed E-state index contributed by atoms with van der Waals surface area (Å²) in [6.45, 7) is 4.43. The minimum Gasteiger partial charge on any atom is -0.396 e. The highest BCUT2D eigenvalue weighted by Gasteiger charge is 2.13. The number of hydrogen-bond acceptors (Lipinski definition) is 2. The van der Waals surface area contributed by atoms with Gasteiger partial charge in [0.15, 0.2) is 0 Å². The summed E-state index contributed by atoms with van der Waals surface area (Å²) in [5.41, 5.74) is 2.51. The largest absolute Gasteiger partial charge is 0.396 e. The predicted octanol–water partition coefficient (Wildman–Crippen LogP) is 2.78. The van der Waals surface area contributed by atoms with Gasteiger partial charge in [0.1, 0.15) is 0 Å². The molecule has 0 fully saturated rings. The molecule has 0 saturated heterocycles. The molecule has 1 aromatic rings. The van der Waals surface area contributed by atoms with E-state index in [-0.39, 0.29) is 11.4 Å². The highest BCUT2D eigenvalue weighted by Crippen LogP contribution is 2.27. The lowest BCUT2D eigenvalue weighted by Crippen LogP contribution is -2.07. The zero-order chi connectivity index (χ0) is 10.6. The third kappa shape index (κ3) is 3.35. The van der Waals surface area contributed by atoms with Crippen molar-refractivity contribution >= 4 is 12.6 Å². The molecule has 14 heavy (non-hydrogen) atoms. The Labute approximate surface area is 91.6 Å². The molecule has 0 unspecified atom stereocenters. The smallest absolute Gasteiger partial charge is 0.0434 e. The first kappa shape index (κ1) is 11.6. The summed E-state index contributed by atoms with van der Waals surface area (Å²) < 4.78 is -0.0739. The molecule has 0 aliphatic heterocycles. The normalized spacial score (nSPS) is 11.7. The van der Waals surface area contributed by atoms with E-state index < -0.39 is 0 Å². The van der Waals surface area contributed by atoms with Crippen molar-refractivity contribution in [1.82, 2.24) is 0 Å². The van der Waals surface area contributed by atoms with E-state index in [1.165, 1.54) is 11.1 Å². The summed E-state index contributed by atoms with van der Waals surface area (Å²) >= 11 is 4.51. The van der Waals surface area contributed by atoms with Gasteiger partial charge in [0.25, 0.3) is 0 Å². The maximum Gasteiger partial charge on any atom is 0.0434 e. The Hall–Kier alpha value is -0.470. The number of aliphatic hydroxyl groups is 1. The summed E-state index contributed by atoms with van der Waals surface area (Å²) in [4.78, 5) is 0. The molecule has 1 aromatic carbocycles. The topological polar surface area (TPSA) is 20.2 Å². The first-order valence-corrected chi connectivity index (χ1v) is 5.41. The second-order valence-corrected chi connectivity index (χ2v) is 5.20. The lowest BCUT2D eigenvalue weighted by Gasteiger charge is -2.18. The molecule has 0 bridgehead atoms. The molecular formula is C12H18OS. The Kier molecular flexibility index (Phi) is 4.02. The first-order chi connectivity index (χ1) is 6.54. The Morgan fingerprint density at radius 3 is 2.21 bits per heavy atom. The van der Waals surface area contributed by atoms with Crippen LogP contribution in [0.15, 0.2) is 24.3 Å². The van der Waals surface area contributed by atoms with Crippen LogP contribution < -0.4 is 0 Å². The summed E-state index contributed by atoms with van der Waals surface area (Å²) in [6.07, 6.45) is 1.79. The highest BCUT2D eigenvalue weighted by molar-refractivity contribution is 7.81. The van der Waals surface area contributed by atoms with Crippen LogP contribution in [0, 0.1) is 0 Å². The average molecular weight is 210 g/mol. The van der Waals surface area contributed by atoms with E-state index >= 15 is 0 Å². The van der Waals surface area contributed by atoms with Crippen LogP contribution in [0.4, 0.5) is 0 Å². The van der Waals surface area contributed by atoms with Gasteiger partial charge in [-0.15, -0.1) is 0 Å². The number of aliphatic hydroxyl groups excluding tert-OH is 1. The van der Waals surface area contributed by atoms with Crippen molar-refractivity contribution in [1.29, 1.82) is 0 Å². The van der Waals surface area contributed by atoms with E-state index in [2.05, 4.69) is 50.7 Å². The zero-order valence-corrected chi connectivity index (χ0v) is 9.72. The lowest BCUT2D eigenvalue weighted by molar-refractivity contribution is 0.288. The van der Waals surface area contributed by atoms with Gasteiger partial charge in [-0.1, -0.05) is 24.3 Å². The minimum atomic E-state index is -0.0739. The Morgan fingerprint density at radius 1 is 1.21 bits per heavy atom. The number of rotatable bonds is 4. The van der Waals surface area contributed by atoms with Crippen LogP contribution in [0.1, 0.15) is 31.4 Å². The van der Waals surface area contributed by atoms with Gasteiger partial charge in [0.05, 0.1) is 0 Å². The molecule has 0 atom stereocenters. The molecule has 0 heterocycles. The molecular weight excluding hydrogens is 192 g/mol. The van der Waals surface area contributed by atoms with Gasteiger partial charge in [-0.25, -0.2) is 0 Å². The molecule has 1 N–H and O–H groups in total. The van der Waals surface area contributed by atoms with E-state index in [1.54, 1.807) is 0 Å². The van der Waals surface area contributed by atoms with Crippen LogP contribution in [0.5, 0.6) is 0 Å². The number of hydrogen-bond donors (Lipinski definition) is 2. The van der Waals surface area contributed by atoms with Gasteiger partial charge in [-0.2, -0.15) is 12.6 Å². The molecule has 0 radical (unpaired) electrons. The van der Waals surface area contributed by atoms with E-state index in [4.69, 9.17) is 5.11 Å². The van der Waals surface area contributed by atoms with E-state index in [9.17, 15) is 0 Å². The molecule has 0 aliphatic carbocycles. The molecule has 1 rings (SSSR count). The maximum atomic E-state index is 8.70. The minimum absolute atomic E-state index is 0.0739. The number of benzene rings is 1. The SMILES string of the molecule is CC(C)(S)c1ccc(CCCO)cc1.